The Hall–Kier alpha value is -1.16. The van der Waals surface area contributed by atoms with Gasteiger partial charge in [-0.05, 0) is 44.2 Å². The lowest BCUT2D eigenvalue weighted by Crippen LogP contribution is -2.42. The number of nitrogens with zero attached hydrogens (tertiary/aromatic N) is 2. The zero-order chi connectivity index (χ0) is 15.4. The topological polar surface area (TPSA) is 28.2 Å². The number of rotatable bonds is 5. The molecule has 0 radical (unpaired) electrons. The summed E-state index contributed by atoms with van der Waals surface area (Å²) in [7, 11) is 0. The first-order chi connectivity index (χ1) is 9.97. The first kappa shape index (κ1) is 16.2. The van der Waals surface area contributed by atoms with Crippen molar-refractivity contribution in [3.8, 4) is 0 Å². The predicted molar refractivity (Wildman–Crippen MR) is 85.9 cm³/mol. The van der Waals surface area contributed by atoms with Crippen molar-refractivity contribution in [3.05, 3.63) is 23.6 Å². The van der Waals surface area contributed by atoms with E-state index in [0.29, 0.717) is 24.4 Å². The Morgan fingerprint density at radius 3 is 2.86 bits per heavy atom. The number of aromatic nitrogens is 1. The van der Waals surface area contributed by atoms with Crippen LogP contribution in [0.25, 0.3) is 0 Å². The van der Waals surface area contributed by atoms with Crippen LogP contribution in [0.2, 0.25) is 0 Å². The van der Waals surface area contributed by atoms with E-state index in [1.807, 2.05) is 0 Å². The number of hydrogen-bond acceptors (Lipinski definition) is 3. The molecule has 0 aromatic carbocycles. The van der Waals surface area contributed by atoms with Crippen LogP contribution in [0.5, 0.6) is 0 Å². The lowest BCUT2D eigenvalue weighted by molar-refractivity contribution is 0.386. The summed E-state index contributed by atoms with van der Waals surface area (Å²) in [6.45, 7) is 11.5. The van der Waals surface area contributed by atoms with E-state index in [1.165, 1.54) is 19.0 Å². The van der Waals surface area contributed by atoms with Crippen LogP contribution in [0.4, 0.5) is 10.2 Å². The molecule has 2 atom stereocenters. The molecule has 2 rings (SSSR count). The second-order valence-corrected chi connectivity index (χ2v) is 6.84. The lowest BCUT2D eigenvalue weighted by Gasteiger charge is -2.38. The number of anilines is 1. The van der Waals surface area contributed by atoms with E-state index >= 15 is 0 Å². The number of pyridine rings is 1. The van der Waals surface area contributed by atoms with Crippen molar-refractivity contribution in [3.63, 3.8) is 0 Å². The highest BCUT2D eigenvalue weighted by molar-refractivity contribution is 5.48. The minimum atomic E-state index is -0.252. The van der Waals surface area contributed by atoms with E-state index in [-0.39, 0.29) is 5.82 Å². The van der Waals surface area contributed by atoms with Gasteiger partial charge in [0, 0.05) is 24.7 Å². The van der Waals surface area contributed by atoms with Crippen molar-refractivity contribution in [2.24, 2.45) is 11.8 Å². The number of piperidine rings is 1. The maximum atomic E-state index is 13.6. The molecule has 1 saturated heterocycles. The van der Waals surface area contributed by atoms with Crippen molar-refractivity contribution in [1.29, 1.82) is 0 Å². The van der Waals surface area contributed by atoms with E-state index in [9.17, 15) is 4.39 Å². The van der Waals surface area contributed by atoms with Crippen molar-refractivity contribution >= 4 is 5.82 Å². The van der Waals surface area contributed by atoms with Crippen molar-refractivity contribution in [1.82, 2.24) is 10.3 Å². The molecule has 3 nitrogen and oxygen atoms in total. The third kappa shape index (κ3) is 4.40. The van der Waals surface area contributed by atoms with Crippen LogP contribution >= 0.6 is 0 Å². The third-order valence-corrected chi connectivity index (χ3v) is 4.17. The van der Waals surface area contributed by atoms with Gasteiger partial charge in [0.2, 0.25) is 0 Å². The monoisotopic (exact) mass is 293 g/mol. The van der Waals surface area contributed by atoms with Gasteiger partial charge in [0.25, 0.3) is 0 Å². The van der Waals surface area contributed by atoms with E-state index in [0.717, 1.165) is 24.5 Å². The molecule has 2 unspecified atom stereocenters. The maximum absolute atomic E-state index is 13.6. The van der Waals surface area contributed by atoms with Crippen LogP contribution in [0.1, 0.15) is 46.1 Å². The molecule has 0 aliphatic carbocycles. The fourth-order valence-corrected chi connectivity index (χ4v) is 2.94. The highest BCUT2D eigenvalue weighted by Gasteiger charge is 2.25. The lowest BCUT2D eigenvalue weighted by atomic mass is 9.94. The van der Waals surface area contributed by atoms with Gasteiger partial charge in [-0.25, -0.2) is 9.37 Å². The van der Waals surface area contributed by atoms with Gasteiger partial charge < -0.3 is 10.2 Å². The van der Waals surface area contributed by atoms with E-state index in [1.54, 1.807) is 6.07 Å². The molecule has 1 aliphatic heterocycles. The minimum Gasteiger partial charge on any atom is -0.353 e. The molecule has 2 heterocycles. The third-order valence-electron chi connectivity index (χ3n) is 4.17. The van der Waals surface area contributed by atoms with Gasteiger partial charge in [-0.1, -0.05) is 20.8 Å². The SMILES string of the molecule is CC(C)CNCc1cc(F)cnc1N1CC(C)CCC1C. The van der Waals surface area contributed by atoms with Crippen molar-refractivity contribution in [2.45, 2.75) is 53.1 Å². The van der Waals surface area contributed by atoms with E-state index in [4.69, 9.17) is 0 Å². The summed E-state index contributed by atoms with van der Waals surface area (Å²) in [6, 6.07) is 2.10. The molecule has 21 heavy (non-hydrogen) atoms. The van der Waals surface area contributed by atoms with Gasteiger partial charge in [-0.2, -0.15) is 0 Å². The molecule has 1 aromatic rings. The fourth-order valence-electron chi connectivity index (χ4n) is 2.94. The summed E-state index contributed by atoms with van der Waals surface area (Å²) in [5.74, 6) is 1.96. The first-order valence-corrected chi connectivity index (χ1v) is 8.09. The second kappa shape index (κ2) is 7.21. The average Bonchev–Trinajstić information content (AvgIpc) is 2.42. The summed E-state index contributed by atoms with van der Waals surface area (Å²) < 4.78 is 13.6. The van der Waals surface area contributed by atoms with Gasteiger partial charge >= 0.3 is 0 Å². The van der Waals surface area contributed by atoms with Crippen LogP contribution in [0.3, 0.4) is 0 Å². The highest BCUT2D eigenvalue weighted by atomic mass is 19.1. The quantitative estimate of drug-likeness (QED) is 0.899. The molecular formula is C17H28FN3. The Kier molecular flexibility index (Phi) is 5.57. The van der Waals surface area contributed by atoms with Crippen LogP contribution in [-0.4, -0.2) is 24.1 Å². The Morgan fingerprint density at radius 2 is 2.14 bits per heavy atom. The van der Waals surface area contributed by atoms with E-state index < -0.39 is 0 Å². The van der Waals surface area contributed by atoms with Gasteiger partial charge in [0.1, 0.15) is 11.6 Å². The van der Waals surface area contributed by atoms with Crippen LogP contribution in [0, 0.1) is 17.7 Å². The van der Waals surface area contributed by atoms with Gasteiger partial charge in [0.15, 0.2) is 0 Å². The van der Waals surface area contributed by atoms with Crippen LogP contribution < -0.4 is 10.2 Å². The average molecular weight is 293 g/mol. The fraction of sp³-hybridized carbons (Fsp3) is 0.706. The Morgan fingerprint density at radius 1 is 1.38 bits per heavy atom. The summed E-state index contributed by atoms with van der Waals surface area (Å²) in [5.41, 5.74) is 0.969. The normalized spacial score (nSPS) is 22.9. The molecule has 0 amide bonds. The summed E-state index contributed by atoms with van der Waals surface area (Å²) in [6.07, 6.45) is 3.78. The Bertz CT molecular complexity index is 461. The molecule has 1 aliphatic rings. The standard InChI is InChI=1S/C17H28FN3/c1-12(2)8-19-9-15-7-16(18)10-20-17(15)21-11-13(3)5-6-14(21)4/h7,10,12-14,19H,5-6,8-9,11H2,1-4H3. The van der Waals surface area contributed by atoms with Gasteiger partial charge in [-0.15, -0.1) is 0 Å². The van der Waals surface area contributed by atoms with Crippen molar-refractivity contribution < 1.29 is 4.39 Å². The molecule has 0 bridgehead atoms. The molecule has 4 heteroatoms. The molecule has 0 saturated carbocycles. The van der Waals surface area contributed by atoms with Crippen molar-refractivity contribution in [2.75, 3.05) is 18.0 Å². The maximum Gasteiger partial charge on any atom is 0.141 e. The molecule has 118 valence electrons. The molecule has 1 N–H and O–H groups in total. The zero-order valence-corrected chi connectivity index (χ0v) is 13.7. The summed E-state index contributed by atoms with van der Waals surface area (Å²) in [5, 5.41) is 3.40. The molecular weight excluding hydrogens is 265 g/mol. The number of hydrogen-bond donors (Lipinski definition) is 1. The number of nitrogens with one attached hydrogen (secondary N) is 1. The van der Waals surface area contributed by atoms with Gasteiger partial charge in [-0.3, -0.25) is 0 Å². The summed E-state index contributed by atoms with van der Waals surface area (Å²) in [4.78, 5) is 6.74. The first-order valence-electron chi connectivity index (χ1n) is 8.09. The minimum absolute atomic E-state index is 0.252. The van der Waals surface area contributed by atoms with E-state index in [2.05, 4.69) is 42.9 Å². The largest absolute Gasteiger partial charge is 0.353 e. The molecule has 1 aromatic heterocycles. The second-order valence-electron chi connectivity index (χ2n) is 6.84. The Labute approximate surface area is 127 Å². The molecule has 1 fully saturated rings. The van der Waals surface area contributed by atoms with Gasteiger partial charge in [0.05, 0.1) is 6.20 Å². The van der Waals surface area contributed by atoms with Crippen LogP contribution in [0.15, 0.2) is 12.3 Å². The summed E-state index contributed by atoms with van der Waals surface area (Å²) >= 11 is 0. The molecule has 0 spiro atoms. The zero-order valence-electron chi connectivity index (χ0n) is 13.7. The smallest absolute Gasteiger partial charge is 0.141 e. The predicted octanol–water partition coefficient (Wildman–Crippen LogP) is 3.59. The Balaban J connectivity index is 2.17. The van der Waals surface area contributed by atoms with Crippen LogP contribution in [-0.2, 0) is 6.54 Å². The highest BCUT2D eigenvalue weighted by Crippen LogP contribution is 2.28. The number of halogens is 1.